The van der Waals surface area contributed by atoms with Crippen LogP contribution < -0.4 is 10.1 Å². The molecule has 0 radical (unpaired) electrons. The van der Waals surface area contributed by atoms with Crippen LogP contribution in [0.5, 0.6) is 5.75 Å². The lowest BCUT2D eigenvalue weighted by Crippen LogP contribution is -2.42. The summed E-state index contributed by atoms with van der Waals surface area (Å²) < 4.78 is 45.1. The van der Waals surface area contributed by atoms with E-state index >= 15 is 0 Å². The van der Waals surface area contributed by atoms with E-state index in [0.717, 1.165) is 23.1 Å². The lowest BCUT2D eigenvalue weighted by atomic mass is 10.0. The van der Waals surface area contributed by atoms with Gasteiger partial charge in [-0.1, -0.05) is 72.8 Å². The Labute approximate surface area is 211 Å². The van der Waals surface area contributed by atoms with Crippen LogP contribution >= 0.6 is 0 Å². The SMILES string of the molecule is CC(Oc1c(C(=O)NC(Cc2ccccc2)C(=O)O)ccc2ccccc12)c1ccc(C(F)(F)F)cc1. The summed E-state index contributed by atoms with van der Waals surface area (Å²) in [4.78, 5) is 25.2. The molecule has 2 unspecified atom stereocenters. The molecule has 37 heavy (non-hydrogen) atoms. The Morgan fingerprint density at radius 3 is 2.19 bits per heavy atom. The molecule has 4 aromatic rings. The van der Waals surface area contributed by atoms with Crippen molar-refractivity contribution in [1.29, 1.82) is 0 Å². The van der Waals surface area contributed by atoms with E-state index < -0.39 is 35.8 Å². The molecular formula is C29H24F3NO4. The number of aliphatic carboxylic acids is 1. The maximum absolute atomic E-state index is 13.3. The highest BCUT2D eigenvalue weighted by atomic mass is 19.4. The molecule has 2 atom stereocenters. The van der Waals surface area contributed by atoms with Crippen molar-refractivity contribution in [2.45, 2.75) is 31.7 Å². The molecule has 4 rings (SSSR count). The fraction of sp³-hybridized carbons (Fsp3) is 0.172. The van der Waals surface area contributed by atoms with Crippen LogP contribution in [0.15, 0.2) is 91.0 Å². The number of carboxylic acid groups (broad SMARTS) is 1. The van der Waals surface area contributed by atoms with Gasteiger partial charge in [-0.2, -0.15) is 13.2 Å². The van der Waals surface area contributed by atoms with Gasteiger partial charge in [-0.3, -0.25) is 4.79 Å². The molecule has 0 aliphatic rings. The maximum atomic E-state index is 13.3. The van der Waals surface area contributed by atoms with Gasteiger partial charge in [0.25, 0.3) is 5.91 Å². The number of nitrogens with one attached hydrogen (secondary N) is 1. The third-order valence-corrected chi connectivity index (χ3v) is 6.01. The molecule has 0 aliphatic heterocycles. The van der Waals surface area contributed by atoms with Crippen LogP contribution in [0.1, 0.15) is 40.1 Å². The number of hydrogen-bond acceptors (Lipinski definition) is 3. The fourth-order valence-corrected chi connectivity index (χ4v) is 4.02. The number of amides is 1. The molecule has 0 fully saturated rings. The normalized spacial score (nSPS) is 13.1. The summed E-state index contributed by atoms with van der Waals surface area (Å²) >= 11 is 0. The highest BCUT2D eigenvalue weighted by Gasteiger charge is 2.30. The van der Waals surface area contributed by atoms with E-state index in [-0.39, 0.29) is 17.7 Å². The summed E-state index contributed by atoms with van der Waals surface area (Å²) in [5, 5.41) is 13.7. The minimum absolute atomic E-state index is 0.0909. The first kappa shape index (κ1) is 25.8. The maximum Gasteiger partial charge on any atom is 0.416 e. The summed E-state index contributed by atoms with van der Waals surface area (Å²) in [6, 6.07) is 22.9. The number of halogens is 3. The average Bonchev–Trinajstić information content (AvgIpc) is 2.88. The Hall–Kier alpha value is -4.33. The van der Waals surface area contributed by atoms with Crippen LogP contribution in [0.2, 0.25) is 0 Å². The van der Waals surface area contributed by atoms with E-state index in [4.69, 9.17) is 4.74 Å². The van der Waals surface area contributed by atoms with E-state index in [1.807, 2.05) is 18.2 Å². The Bertz CT molecular complexity index is 1400. The summed E-state index contributed by atoms with van der Waals surface area (Å²) in [6.45, 7) is 1.67. The van der Waals surface area contributed by atoms with Gasteiger partial charge in [-0.05, 0) is 41.6 Å². The molecule has 0 aliphatic carbocycles. The number of hydrogen-bond donors (Lipinski definition) is 2. The number of fused-ring (bicyclic) bond motifs is 1. The van der Waals surface area contributed by atoms with E-state index in [1.54, 1.807) is 55.5 Å². The first-order valence-electron chi connectivity index (χ1n) is 11.6. The molecule has 4 aromatic carbocycles. The number of benzene rings is 4. The Morgan fingerprint density at radius 2 is 1.54 bits per heavy atom. The van der Waals surface area contributed by atoms with E-state index in [1.165, 1.54) is 12.1 Å². The zero-order valence-electron chi connectivity index (χ0n) is 19.8. The second kappa shape index (κ2) is 10.7. The van der Waals surface area contributed by atoms with Crippen LogP contribution in [-0.4, -0.2) is 23.0 Å². The Balaban J connectivity index is 1.64. The van der Waals surface area contributed by atoms with Gasteiger partial charge in [0.1, 0.15) is 17.9 Å². The highest BCUT2D eigenvalue weighted by molar-refractivity contribution is 6.04. The first-order valence-corrected chi connectivity index (χ1v) is 11.6. The van der Waals surface area contributed by atoms with Crippen molar-refractivity contribution in [3.63, 3.8) is 0 Å². The van der Waals surface area contributed by atoms with Crippen LogP contribution in [0.3, 0.4) is 0 Å². The predicted octanol–water partition coefficient (Wildman–Crippen LogP) is 6.42. The van der Waals surface area contributed by atoms with Crippen LogP contribution in [0.25, 0.3) is 10.8 Å². The Morgan fingerprint density at radius 1 is 0.892 bits per heavy atom. The summed E-state index contributed by atoms with van der Waals surface area (Å²) in [6.07, 6.45) is -5.06. The molecule has 0 spiro atoms. The lowest BCUT2D eigenvalue weighted by Gasteiger charge is -2.21. The van der Waals surface area contributed by atoms with Crippen LogP contribution in [-0.2, 0) is 17.4 Å². The quantitative estimate of drug-likeness (QED) is 0.288. The molecule has 0 saturated carbocycles. The van der Waals surface area contributed by atoms with Gasteiger partial charge >= 0.3 is 12.1 Å². The molecular weight excluding hydrogens is 483 g/mol. The Kier molecular flexibility index (Phi) is 7.47. The molecule has 1 amide bonds. The van der Waals surface area contributed by atoms with Crippen LogP contribution in [0.4, 0.5) is 13.2 Å². The molecule has 8 heteroatoms. The first-order chi connectivity index (χ1) is 17.6. The van der Waals surface area contributed by atoms with E-state index in [9.17, 15) is 27.9 Å². The summed E-state index contributed by atoms with van der Waals surface area (Å²) in [7, 11) is 0. The van der Waals surface area contributed by atoms with E-state index in [0.29, 0.717) is 10.9 Å². The summed E-state index contributed by atoms with van der Waals surface area (Å²) in [5.74, 6) is -1.60. The molecule has 0 bridgehead atoms. The topological polar surface area (TPSA) is 75.6 Å². The van der Waals surface area contributed by atoms with Gasteiger partial charge in [0, 0.05) is 11.8 Å². The third kappa shape index (κ3) is 6.09. The van der Waals surface area contributed by atoms with Gasteiger partial charge in [-0.15, -0.1) is 0 Å². The molecule has 190 valence electrons. The number of carboxylic acids is 1. The minimum Gasteiger partial charge on any atom is -0.485 e. The number of carbonyl (C=O) groups excluding carboxylic acids is 1. The molecule has 5 nitrogen and oxygen atoms in total. The van der Waals surface area contributed by atoms with Gasteiger partial charge in [-0.25, -0.2) is 4.79 Å². The van der Waals surface area contributed by atoms with Gasteiger partial charge in [0.05, 0.1) is 11.1 Å². The number of alkyl halides is 3. The predicted molar refractivity (Wildman–Crippen MR) is 133 cm³/mol. The van der Waals surface area contributed by atoms with Crippen molar-refractivity contribution >= 4 is 22.6 Å². The van der Waals surface area contributed by atoms with Crippen molar-refractivity contribution in [2.24, 2.45) is 0 Å². The van der Waals surface area contributed by atoms with Crippen molar-refractivity contribution in [2.75, 3.05) is 0 Å². The van der Waals surface area contributed by atoms with Crippen molar-refractivity contribution in [3.8, 4) is 5.75 Å². The van der Waals surface area contributed by atoms with Crippen LogP contribution in [0, 0.1) is 0 Å². The highest BCUT2D eigenvalue weighted by Crippen LogP contribution is 2.35. The molecule has 0 heterocycles. The second-order valence-corrected chi connectivity index (χ2v) is 8.60. The standard InChI is InChI=1S/C29H24F3NO4/c1-18(20-11-14-22(15-12-20)29(30,31)32)37-26-23-10-6-5-9-21(23)13-16-24(26)27(34)33-25(28(35)36)17-19-7-3-2-4-8-19/h2-16,18,25H,17H2,1H3,(H,33,34)(H,35,36). The minimum atomic E-state index is -4.45. The van der Waals surface area contributed by atoms with Crippen molar-refractivity contribution in [3.05, 3.63) is 113 Å². The number of ether oxygens (including phenoxy) is 1. The zero-order valence-corrected chi connectivity index (χ0v) is 19.8. The number of carbonyl (C=O) groups is 2. The monoisotopic (exact) mass is 507 g/mol. The smallest absolute Gasteiger partial charge is 0.416 e. The third-order valence-electron chi connectivity index (χ3n) is 6.01. The van der Waals surface area contributed by atoms with Gasteiger partial charge in [0.2, 0.25) is 0 Å². The summed E-state index contributed by atoms with van der Waals surface area (Å²) in [5.41, 5.74) is 0.587. The van der Waals surface area contributed by atoms with Gasteiger partial charge in [0.15, 0.2) is 0 Å². The fourth-order valence-electron chi connectivity index (χ4n) is 4.02. The van der Waals surface area contributed by atoms with Crippen molar-refractivity contribution in [1.82, 2.24) is 5.32 Å². The molecule has 2 N–H and O–H groups in total. The zero-order chi connectivity index (χ0) is 26.6. The molecule has 0 aromatic heterocycles. The lowest BCUT2D eigenvalue weighted by molar-refractivity contribution is -0.139. The largest absolute Gasteiger partial charge is 0.485 e. The second-order valence-electron chi connectivity index (χ2n) is 8.60. The van der Waals surface area contributed by atoms with E-state index in [2.05, 4.69) is 5.32 Å². The van der Waals surface area contributed by atoms with Gasteiger partial charge < -0.3 is 15.2 Å². The number of rotatable bonds is 8. The average molecular weight is 508 g/mol. The molecule has 0 saturated heterocycles. The van der Waals surface area contributed by atoms with Crippen molar-refractivity contribution < 1.29 is 32.6 Å².